The Bertz CT molecular complexity index is 23.6. The van der Waals surface area contributed by atoms with Gasteiger partial charge in [-0.2, -0.15) is 6.41 Å². The standard InChI is InChI=1S/CH3N2O.Ni/c2-3-1-4;/h2H2,(H,3,4);/q-1;. The fourth-order valence-corrected chi connectivity index (χ4v) is 0. The van der Waals surface area contributed by atoms with Crippen molar-refractivity contribution in [3.05, 3.63) is 0 Å². The van der Waals surface area contributed by atoms with Crippen LogP contribution in [-0.4, -0.2) is 6.41 Å². The summed E-state index contributed by atoms with van der Waals surface area (Å²) in [4.78, 5) is 8.81. The summed E-state index contributed by atoms with van der Waals surface area (Å²) in [5.41, 5.74) is 1.62. The molecule has 0 aliphatic rings. The number of hydrazine groups is 1. The Kier molecular flexibility index (Phi) is 16.1. The predicted octanol–water partition coefficient (Wildman–Crippen LogP) is -1.49. The Morgan fingerprint density at radius 1 is 1.80 bits per heavy atom. The van der Waals surface area contributed by atoms with Gasteiger partial charge in [0.2, 0.25) is 0 Å². The van der Waals surface area contributed by atoms with E-state index in [4.69, 9.17) is 4.79 Å². The molecule has 0 rings (SSSR count). The third-order valence-corrected chi connectivity index (χ3v) is 0.0589. The molecule has 0 aliphatic carbocycles. The third kappa shape index (κ3) is 17.0. The van der Waals surface area contributed by atoms with Crippen molar-refractivity contribution >= 4 is 6.41 Å². The van der Waals surface area contributed by atoms with Crippen molar-refractivity contribution in [3.8, 4) is 0 Å². The van der Waals surface area contributed by atoms with E-state index in [1.165, 1.54) is 6.41 Å². The number of hydrogen-bond acceptors (Lipinski definition) is 2. The van der Waals surface area contributed by atoms with Gasteiger partial charge in [0.15, 0.2) is 0 Å². The first-order chi connectivity index (χ1) is 1.91. The van der Waals surface area contributed by atoms with Crippen molar-refractivity contribution in [2.75, 3.05) is 0 Å². The Balaban J connectivity index is 0. The van der Waals surface area contributed by atoms with Crippen LogP contribution in [0, 0.1) is 0 Å². The third-order valence-electron chi connectivity index (χ3n) is 0.0589. The van der Waals surface area contributed by atoms with Crippen LogP contribution in [0.2, 0.25) is 0 Å². The molecule has 4 heteroatoms. The fourth-order valence-electron chi connectivity index (χ4n) is 0. The largest absolute Gasteiger partial charge is 0.519 e. The van der Waals surface area contributed by atoms with Crippen LogP contribution in [0.25, 0.3) is 0 Å². The van der Waals surface area contributed by atoms with E-state index in [2.05, 4.69) is 5.84 Å². The minimum absolute atomic E-state index is 0. The van der Waals surface area contributed by atoms with E-state index in [1.54, 1.807) is 5.43 Å². The van der Waals surface area contributed by atoms with Crippen molar-refractivity contribution in [1.29, 1.82) is 0 Å². The van der Waals surface area contributed by atoms with Gasteiger partial charge in [-0.05, 0) is 0 Å². The molecule has 0 saturated heterocycles. The molecule has 0 atom stereocenters. The van der Waals surface area contributed by atoms with Crippen LogP contribution in [0.1, 0.15) is 0 Å². The van der Waals surface area contributed by atoms with Crippen LogP contribution in [0.5, 0.6) is 0 Å². The zero-order valence-electron chi connectivity index (χ0n) is 2.30. The quantitative estimate of drug-likeness (QED) is 0.110. The van der Waals surface area contributed by atoms with Crippen LogP contribution >= 0.6 is 0 Å². The van der Waals surface area contributed by atoms with Gasteiger partial charge in [0, 0.05) is 16.5 Å². The second kappa shape index (κ2) is 9.06. The van der Waals surface area contributed by atoms with Gasteiger partial charge in [0.1, 0.15) is 0 Å². The molecule has 0 bridgehead atoms. The molecule has 0 saturated carbocycles. The molecule has 1 amide bonds. The maximum Gasteiger partial charge on any atom is 0 e. The molecule has 0 aromatic heterocycles. The average Bonchev–Trinajstić information content (AvgIpc) is 1.37. The molecule has 0 unspecified atom stereocenters. The summed E-state index contributed by atoms with van der Waals surface area (Å²) in [6.45, 7) is 0. The van der Waals surface area contributed by atoms with E-state index in [0.717, 1.165) is 0 Å². The first kappa shape index (κ1) is 8.87. The molecule has 0 aromatic carbocycles. The maximum absolute atomic E-state index is 8.81. The Labute approximate surface area is 39.8 Å². The van der Waals surface area contributed by atoms with Crippen molar-refractivity contribution in [1.82, 2.24) is 5.43 Å². The number of carbonyl (C=O) groups excluding carboxylic acids is 1. The minimum Gasteiger partial charge on any atom is -0.519 e. The summed E-state index contributed by atoms with van der Waals surface area (Å²) in [5.74, 6) is 4.35. The normalized spacial score (nSPS) is 4.20. The summed E-state index contributed by atoms with van der Waals surface area (Å²) in [5, 5.41) is 0. The van der Waals surface area contributed by atoms with Gasteiger partial charge in [-0.3, -0.25) is 5.84 Å². The van der Waals surface area contributed by atoms with Gasteiger partial charge in [0.25, 0.3) is 0 Å². The molecule has 0 spiro atoms. The molecule has 5 heavy (non-hydrogen) atoms. The summed E-state index contributed by atoms with van der Waals surface area (Å²) in [6.07, 6.45) is 1.21. The first-order valence-electron chi connectivity index (χ1n) is 0.743. The van der Waals surface area contributed by atoms with Crippen LogP contribution in [-0.2, 0) is 21.3 Å². The van der Waals surface area contributed by atoms with E-state index >= 15 is 0 Å². The average molecular weight is 118 g/mol. The van der Waals surface area contributed by atoms with Gasteiger partial charge in [-0.15, -0.1) is 0 Å². The molecule has 34 valence electrons. The van der Waals surface area contributed by atoms with Crippen LogP contribution in [0.15, 0.2) is 0 Å². The minimum atomic E-state index is 0. The SMILES string of the molecule is NN[C-]=O.[Ni]. The maximum atomic E-state index is 8.81. The number of hydrogen-bond donors (Lipinski definition) is 2. The topological polar surface area (TPSA) is 55.1 Å². The predicted molar refractivity (Wildman–Crippen MR) is 13.0 cm³/mol. The number of nitrogens with two attached hydrogens (primary N) is 1. The van der Waals surface area contributed by atoms with Gasteiger partial charge in [-0.25, -0.2) is 0 Å². The summed E-state index contributed by atoms with van der Waals surface area (Å²) in [7, 11) is 0. The summed E-state index contributed by atoms with van der Waals surface area (Å²) in [6, 6.07) is 0. The van der Waals surface area contributed by atoms with Gasteiger partial charge in [0.05, 0.1) is 0 Å². The van der Waals surface area contributed by atoms with Crippen molar-refractivity contribution < 1.29 is 21.3 Å². The number of nitrogens with one attached hydrogen (secondary N) is 1. The Morgan fingerprint density at radius 2 is 2.00 bits per heavy atom. The van der Waals surface area contributed by atoms with Crippen LogP contribution in [0.3, 0.4) is 0 Å². The molecule has 0 aromatic rings. The monoisotopic (exact) mass is 117 g/mol. The molecular formula is CH3N2NiO-. The van der Waals surface area contributed by atoms with Crippen LogP contribution in [0.4, 0.5) is 0 Å². The molecular weight excluding hydrogens is 115 g/mol. The Morgan fingerprint density at radius 3 is 2.00 bits per heavy atom. The van der Waals surface area contributed by atoms with E-state index in [9.17, 15) is 0 Å². The van der Waals surface area contributed by atoms with Crippen molar-refractivity contribution in [2.45, 2.75) is 0 Å². The molecule has 3 N–H and O–H groups in total. The smallest absolute Gasteiger partial charge is 0 e. The van der Waals surface area contributed by atoms with Crippen LogP contribution < -0.4 is 11.3 Å². The van der Waals surface area contributed by atoms with Gasteiger partial charge in [-0.1, -0.05) is 0 Å². The molecule has 3 nitrogen and oxygen atoms in total. The number of amides is 1. The molecule has 0 fully saturated rings. The van der Waals surface area contributed by atoms with E-state index in [0.29, 0.717) is 0 Å². The second-order valence-electron chi connectivity index (χ2n) is 0.246. The van der Waals surface area contributed by atoms with Gasteiger partial charge < -0.3 is 10.2 Å². The molecule has 0 aliphatic heterocycles. The first-order valence-corrected chi connectivity index (χ1v) is 0.743. The Hall–Kier alpha value is -0.0765. The number of rotatable bonds is 1. The van der Waals surface area contributed by atoms with E-state index in [1.807, 2.05) is 0 Å². The molecule has 0 heterocycles. The fraction of sp³-hybridized carbons (Fsp3) is 0. The zero-order chi connectivity index (χ0) is 3.41. The summed E-state index contributed by atoms with van der Waals surface area (Å²) < 4.78 is 0. The summed E-state index contributed by atoms with van der Waals surface area (Å²) >= 11 is 0. The zero-order valence-corrected chi connectivity index (χ0v) is 3.29. The van der Waals surface area contributed by atoms with E-state index < -0.39 is 0 Å². The van der Waals surface area contributed by atoms with Crippen molar-refractivity contribution in [2.24, 2.45) is 5.84 Å². The van der Waals surface area contributed by atoms with Crippen molar-refractivity contribution in [3.63, 3.8) is 0 Å². The molecule has 0 radical (unpaired) electrons. The second-order valence-corrected chi connectivity index (χ2v) is 0.246. The van der Waals surface area contributed by atoms with E-state index in [-0.39, 0.29) is 16.5 Å². The van der Waals surface area contributed by atoms with Gasteiger partial charge >= 0.3 is 0 Å².